The second-order valence-electron chi connectivity index (χ2n) is 10.2. The minimum absolute atomic E-state index is 0.318. The van der Waals surface area contributed by atoms with Gasteiger partial charge in [-0.2, -0.15) is 0 Å². The highest BCUT2D eigenvalue weighted by molar-refractivity contribution is 6.86. The number of hydrogen-bond donors (Lipinski definition) is 0. The molecule has 0 nitrogen and oxygen atoms in total. The Balaban J connectivity index is 2.08. The zero-order chi connectivity index (χ0) is 24.3. The van der Waals surface area contributed by atoms with Crippen LogP contribution in [0.2, 0.25) is 18.1 Å². The van der Waals surface area contributed by atoms with Crippen LogP contribution in [0.3, 0.4) is 0 Å². The highest BCUT2D eigenvalue weighted by atomic mass is 28.3. The van der Waals surface area contributed by atoms with Crippen LogP contribution in [0.25, 0.3) is 0 Å². The van der Waals surface area contributed by atoms with Crippen LogP contribution in [0, 0.1) is 20.8 Å². The van der Waals surface area contributed by atoms with Gasteiger partial charge in [0.2, 0.25) is 0 Å². The number of benzene rings is 3. The van der Waals surface area contributed by atoms with Gasteiger partial charge in [-0.15, -0.1) is 0 Å². The Bertz CT molecular complexity index is 1100. The largest absolute Gasteiger partial charge is 0.0811 e. The molecule has 0 saturated heterocycles. The third-order valence-corrected chi connectivity index (χ3v) is 14.1. The van der Waals surface area contributed by atoms with E-state index in [-0.39, 0.29) is 5.41 Å². The molecule has 176 valence electrons. The van der Waals surface area contributed by atoms with E-state index >= 15 is 0 Å². The Morgan fingerprint density at radius 1 is 0.647 bits per heavy atom. The summed E-state index contributed by atoms with van der Waals surface area (Å²) < 4.78 is 0. The van der Waals surface area contributed by atoms with Gasteiger partial charge in [0.15, 0.2) is 0 Å². The fourth-order valence-electron chi connectivity index (χ4n) is 6.22. The summed E-state index contributed by atoms with van der Waals surface area (Å²) in [6, 6.07) is 31.6. The van der Waals surface area contributed by atoms with Crippen LogP contribution in [0.1, 0.15) is 60.6 Å². The fourth-order valence-corrected chi connectivity index (χ4v) is 10.1. The second-order valence-corrected chi connectivity index (χ2v) is 15.6. The molecule has 0 atom stereocenters. The van der Waals surface area contributed by atoms with Gasteiger partial charge in [0, 0.05) is 0 Å². The van der Waals surface area contributed by atoms with Gasteiger partial charge in [-0.1, -0.05) is 146 Å². The summed E-state index contributed by atoms with van der Waals surface area (Å²) >= 11 is 0. The molecule has 0 radical (unpaired) electrons. The van der Waals surface area contributed by atoms with Crippen molar-refractivity contribution in [3.8, 4) is 0 Å². The molecule has 3 aromatic carbocycles. The highest BCUT2D eigenvalue weighted by Crippen LogP contribution is 2.50. The van der Waals surface area contributed by atoms with Crippen LogP contribution in [0.4, 0.5) is 0 Å². The molecular weight excluding hydrogens is 424 g/mol. The molecule has 3 aromatic rings. The summed E-state index contributed by atoms with van der Waals surface area (Å²) in [6.07, 6.45) is 6.31. The van der Waals surface area contributed by atoms with E-state index in [2.05, 4.69) is 126 Å². The number of rotatable bonds is 8. The van der Waals surface area contributed by atoms with E-state index in [0.29, 0.717) is 0 Å². The zero-order valence-electron chi connectivity index (χ0n) is 21.9. The zero-order valence-corrected chi connectivity index (χ0v) is 22.9. The maximum absolute atomic E-state index is 2.63. The summed E-state index contributed by atoms with van der Waals surface area (Å²) in [5.74, 6) is 0. The average molecular weight is 465 g/mol. The van der Waals surface area contributed by atoms with Crippen molar-refractivity contribution in [3.05, 3.63) is 129 Å². The quantitative estimate of drug-likeness (QED) is 0.230. The normalized spacial score (nSPS) is 14.2. The van der Waals surface area contributed by atoms with E-state index in [1.54, 1.807) is 5.20 Å². The van der Waals surface area contributed by atoms with Crippen LogP contribution < -0.4 is 0 Å². The fraction of sp³-hybridized carbons (Fsp3) is 0.333. The molecule has 0 amide bonds. The maximum Gasteiger partial charge on any atom is 0.0811 e. The maximum atomic E-state index is 2.63. The Hall–Kier alpha value is -2.64. The van der Waals surface area contributed by atoms with Gasteiger partial charge < -0.3 is 0 Å². The molecule has 1 aliphatic carbocycles. The predicted octanol–water partition coefficient (Wildman–Crippen LogP) is 9.25. The van der Waals surface area contributed by atoms with Gasteiger partial charge in [-0.3, -0.25) is 0 Å². The molecule has 0 bridgehead atoms. The highest BCUT2D eigenvalue weighted by Gasteiger charge is 2.42. The average Bonchev–Trinajstić information content (AvgIpc) is 3.32. The van der Waals surface area contributed by atoms with E-state index in [9.17, 15) is 0 Å². The van der Waals surface area contributed by atoms with E-state index in [1.165, 1.54) is 57.1 Å². The number of aryl methyl sites for hydroxylation is 3. The van der Waals surface area contributed by atoms with Gasteiger partial charge >= 0.3 is 0 Å². The lowest BCUT2D eigenvalue weighted by atomic mass is 9.64. The predicted molar refractivity (Wildman–Crippen MR) is 151 cm³/mol. The Kier molecular flexibility index (Phi) is 7.14. The summed E-state index contributed by atoms with van der Waals surface area (Å²) in [7, 11) is -1.43. The first kappa shape index (κ1) is 24.5. The van der Waals surface area contributed by atoms with Crippen molar-refractivity contribution in [2.45, 2.75) is 71.5 Å². The minimum atomic E-state index is -1.43. The van der Waals surface area contributed by atoms with Crippen LogP contribution in [-0.4, -0.2) is 8.07 Å². The van der Waals surface area contributed by atoms with Crippen molar-refractivity contribution in [3.63, 3.8) is 0 Å². The third-order valence-electron chi connectivity index (χ3n) is 8.37. The lowest BCUT2D eigenvalue weighted by molar-refractivity contribution is 0.741. The first-order chi connectivity index (χ1) is 16.4. The van der Waals surface area contributed by atoms with Crippen molar-refractivity contribution in [2.75, 3.05) is 0 Å². The molecule has 1 aliphatic rings. The molecule has 34 heavy (non-hydrogen) atoms. The summed E-state index contributed by atoms with van der Waals surface area (Å²) in [6.45, 7) is 13.9. The second kappa shape index (κ2) is 9.92. The number of allylic oxidation sites excluding steroid dienone is 4. The molecule has 0 N–H and O–H groups in total. The lowest BCUT2D eigenvalue weighted by Gasteiger charge is -2.38. The van der Waals surface area contributed by atoms with E-state index in [4.69, 9.17) is 0 Å². The first-order valence-electron chi connectivity index (χ1n) is 13.0. The third kappa shape index (κ3) is 4.16. The van der Waals surface area contributed by atoms with Crippen LogP contribution in [0.15, 0.2) is 95.7 Å². The van der Waals surface area contributed by atoms with Gasteiger partial charge in [0.05, 0.1) is 13.5 Å². The molecule has 0 heterocycles. The van der Waals surface area contributed by atoms with Gasteiger partial charge in [-0.05, 0) is 49.5 Å². The molecule has 1 heteroatoms. The minimum Gasteiger partial charge on any atom is -0.0763 e. The SMILES string of the molecule is CC[Si](CC)(CC)C1=CC(C(c2cccc(C)c2)(c2cccc(C)c2)c2cccc(C)c2)=CC1. The molecule has 0 aliphatic heterocycles. The topological polar surface area (TPSA) is 0 Å². The van der Waals surface area contributed by atoms with Crippen molar-refractivity contribution in [2.24, 2.45) is 0 Å². The lowest BCUT2D eigenvalue weighted by Crippen LogP contribution is -2.34. The van der Waals surface area contributed by atoms with E-state index in [1.807, 2.05) is 0 Å². The molecule has 0 spiro atoms. The van der Waals surface area contributed by atoms with Crippen LogP contribution in [-0.2, 0) is 5.41 Å². The Labute approximate surface area is 208 Å². The van der Waals surface area contributed by atoms with Crippen LogP contribution in [0.5, 0.6) is 0 Å². The standard InChI is InChI=1S/C33H40Si/c1-7-34(8-2,9-3)32-20-19-31(24-32)33(28-16-10-13-25(4)21-28,29-17-11-14-26(5)22-29)30-18-12-15-27(6)23-30/h10-19,21-24H,7-9,20H2,1-6H3. The van der Waals surface area contributed by atoms with E-state index in [0.717, 1.165) is 6.42 Å². The molecule has 0 unspecified atom stereocenters. The van der Waals surface area contributed by atoms with E-state index < -0.39 is 8.07 Å². The Morgan fingerprint density at radius 2 is 1.06 bits per heavy atom. The summed E-state index contributed by atoms with van der Waals surface area (Å²) in [4.78, 5) is 0. The monoisotopic (exact) mass is 464 g/mol. The van der Waals surface area contributed by atoms with Crippen LogP contribution >= 0.6 is 0 Å². The Morgan fingerprint density at radius 3 is 1.41 bits per heavy atom. The molecule has 0 saturated carbocycles. The first-order valence-corrected chi connectivity index (χ1v) is 15.6. The van der Waals surface area contributed by atoms with Gasteiger partial charge in [-0.25, -0.2) is 0 Å². The smallest absolute Gasteiger partial charge is 0.0763 e. The van der Waals surface area contributed by atoms with Gasteiger partial charge in [0.25, 0.3) is 0 Å². The van der Waals surface area contributed by atoms with Crippen molar-refractivity contribution in [1.29, 1.82) is 0 Å². The molecular formula is C33H40Si. The molecule has 0 fully saturated rings. The van der Waals surface area contributed by atoms with Crippen molar-refractivity contribution >= 4 is 8.07 Å². The molecule has 0 aromatic heterocycles. The van der Waals surface area contributed by atoms with Gasteiger partial charge in [0.1, 0.15) is 0 Å². The van der Waals surface area contributed by atoms with Crippen molar-refractivity contribution in [1.82, 2.24) is 0 Å². The summed E-state index contributed by atoms with van der Waals surface area (Å²) in [5.41, 5.74) is 9.16. The molecule has 4 rings (SSSR count). The van der Waals surface area contributed by atoms with Crippen molar-refractivity contribution < 1.29 is 0 Å². The summed E-state index contributed by atoms with van der Waals surface area (Å²) in [5, 5.41) is 1.74. The number of hydrogen-bond acceptors (Lipinski definition) is 0.